The number of para-hydroxylation sites is 1. The molecule has 0 amide bonds. The largest absolute Gasteiger partial charge is 0.337 e. The number of H-pyrrole nitrogens is 1. The quantitative estimate of drug-likeness (QED) is 0.590. The van der Waals surface area contributed by atoms with E-state index in [0.29, 0.717) is 0 Å². The molecule has 0 saturated carbocycles. The van der Waals surface area contributed by atoms with Crippen LogP contribution in [0, 0.1) is 0 Å². The third-order valence-corrected chi connectivity index (χ3v) is 3.80. The van der Waals surface area contributed by atoms with Gasteiger partial charge < -0.3 is 4.98 Å². The third-order valence-electron chi connectivity index (χ3n) is 3.80. The van der Waals surface area contributed by atoms with Gasteiger partial charge in [0.05, 0.1) is 16.6 Å². The van der Waals surface area contributed by atoms with Gasteiger partial charge in [-0.1, -0.05) is 37.3 Å². The van der Waals surface area contributed by atoms with Crippen molar-refractivity contribution in [2.24, 2.45) is 0 Å². The van der Waals surface area contributed by atoms with Crippen molar-refractivity contribution in [3.63, 3.8) is 0 Å². The normalized spacial score (nSPS) is 11.3. The predicted molar refractivity (Wildman–Crippen MR) is 86.2 cm³/mol. The number of aromatic nitrogens is 3. The van der Waals surface area contributed by atoms with Gasteiger partial charge >= 0.3 is 0 Å². The average molecular weight is 273 g/mol. The number of nitrogens with one attached hydrogen (secondary N) is 1. The number of hydrogen-bond acceptors (Lipinski definition) is 2. The van der Waals surface area contributed by atoms with E-state index in [1.165, 1.54) is 5.56 Å². The summed E-state index contributed by atoms with van der Waals surface area (Å²) in [6.45, 7) is 2.16. The Morgan fingerprint density at radius 2 is 1.81 bits per heavy atom. The molecule has 0 radical (unpaired) electrons. The number of benzene rings is 2. The van der Waals surface area contributed by atoms with Crippen molar-refractivity contribution in [3.05, 3.63) is 60.2 Å². The van der Waals surface area contributed by atoms with Gasteiger partial charge in [0, 0.05) is 5.39 Å². The molecule has 0 unspecified atom stereocenters. The van der Waals surface area contributed by atoms with Crippen LogP contribution in [0.5, 0.6) is 0 Å². The molecule has 0 spiro atoms. The lowest BCUT2D eigenvalue weighted by Crippen LogP contribution is -1.86. The highest BCUT2D eigenvalue weighted by Gasteiger charge is 2.07. The molecule has 0 aliphatic heterocycles. The highest BCUT2D eigenvalue weighted by Crippen LogP contribution is 2.22. The maximum Gasteiger partial charge on any atom is 0.157 e. The fraction of sp³-hybridized carbons (Fsp3) is 0.111. The fourth-order valence-electron chi connectivity index (χ4n) is 2.60. The SMILES string of the molecule is CCc1ccc2nc(-c3ccc4ccccc4n3)[nH]c2c1. The number of aryl methyl sites for hydroxylation is 1. The van der Waals surface area contributed by atoms with Crippen molar-refractivity contribution < 1.29 is 0 Å². The van der Waals surface area contributed by atoms with Gasteiger partial charge in [-0.25, -0.2) is 9.97 Å². The summed E-state index contributed by atoms with van der Waals surface area (Å²) in [7, 11) is 0. The molecule has 0 aliphatic carbocycles. The Balaban J connectivity index is 1.87. The summed E-state index contributed by atoms with van der Waals surface area (Å²) in [6, 6.07) is 18.6. The van der Waals surface area contributed by atoms with E-state index >= 15 is 0 Å². The first-order chi connectivity index (χ1) is 10.3. The van der Waals surface area contributed by atoms with E-state index in [9.17, 15) is 0 Å². The van der Waals surface area contributed by atoms with E-state index in [4.69, 9.17) is 0 Å². The summed E-state index contributed by atoms with van der Waals surface area (Å²) in [4.78, 5) is 12.7. The van der Waals surface area contributed by atoms with Crippen molar-refractivity contribution >= 4 is 21.9 Å². The van der Waals surface area contributed by atoms with E-state index in [1.807, 2.05) is 24.3 Å². The van der Waals surface area contributed by atoms with Crippen molar-refractivity contribution in [2.45, 2.75) is 13.3 Å². The van der Waals surface area contributed by atoms with Crippen LogP contribution in [0.25, 0.3) is 33.5 Å². The molecule has 4 rings (SSSR count). The first-order valence-electron chi connectivity index (χ1n) is 7.18. The van der Waals surface area contributed by atoms with Gasteiger partial charge in [0.25, 0.3) is 0 Å². The Bertz CT molecular complexity index is 937. The second-order valence-corrected chi connectivity index (χ2v) is 5.18. The second-order valence-electron chi connectivity index (χ2n) is 5.18. The Kier molecular flexibility index (Phi) is 2.71. The number of hydrogen-bond donors (Lipinski definition) is 1. The Labute approximate surface area is 122 Å². The maximum absolute atomic E-state index is 4.69. The molecule has 0 atom stereocenters. The van der Waals surface area contributed by atoms with Crippen LogP contribution in [0.1, 0.15) is 12.5 Å². The Morgan fingerprint density at radius 1 is 0.905 bits per heavy atom. The van der Waals surface area contributed by atoms with E-state index < -0.39 is 0 Å². The highest BCUT2D eigenvalue weighted by atomic mass is 14.9. The summed E-state index contributed by atoms with van der Waals surface area (Å²) < 4.78 is 0. The van der Waals surface area contributed by atoms with Crippen molar-refractivity contribution in [1.29, 1.82) is 0 Å². The zero-order valence-electron chi connectivity index (χ0n) is 11.8. The first-order valence-corrected chi connectivity index (χ1v) is 7.18. The molecule has 0 saturated heterocycles. The summed E-state index contributed by atoms with van der Waals surface area (Å²) in [5.74, 6) is 0.823. The van der Waals surface area contributed by atoms with Crippen molar-refractivity contribution in [1.82, 2.24) is 15.0 Å². The molecule has 21 heavy (non-hydrogen) atoms. The van der Waals surface area contributed by atoms with Gasteiger partial charge in [-0.05, 0) is 36.2 Å². The fourth-order valence-corrected chi connectivity index (χ4v) is 2.60. The predicted octanol–water partition coefficient (Wildman–Crippen LogP) is 4.34. The van der Waals surface area contributed by atoms with Gasteiger partial charge in [0.1, 0.15) is 5.69 Å². The van der Waals surface area contributed by atoms with Gasteiger partial charge in [-0.15, -0.1) is 0 Å². The summed E-state index contributed by atoms with van der Waals surface area (Å²) >= 11 is 0. The molecule has 2 aromatic heterocycles. The standard InChI is InChI=1S/C18H15N3/c1-2-12-7-9-15-17(11-12)21-18(20-15)16-10-8-13-5-3-4-6-14(13)19-16/h3-11H,2H2,1H3,(H,20,21). The minimum absolute atomic E-state index is 0.823. The lowest BCUT2D eigenvalue weighted by molar-refractivity contribution is 1.14. The topological polar surface area (TPSA) is 41.6 Å². The molecule has 3 heteroatoms. The second kappa shape index (κ2) is 4.70. The minimum Gasteiger partial charge on any atom is -0.337 e. The summed E-state index contributed by atoms with van der Waals surface area (Å²) in [5, 5.41) is 1.14. The molecule has 102 valence electrons. The van der Waals surface area contributed by atoms with Gasteiger partial charge in [0.15, 0.2) is 5.82 Å². The molecular formula is C18H15N3. The third kappa shape index (κ3) is 2.07. The number of fused-ring (bicyclic) bond motifs is 2. The van der Waals surface area contributed by atoms with Crippen molar-refractivity contribution in [2.75, 3.05) is 0 Å². The smallest absolute Gasteiger partial charge is 0.157 e. The van der Waals surface area contributed by atoms with Crippen LogP contribution in [0.15, 0.2) is 54.6 Å². The van der Waals surface area contributed by atoms with E-state index in [1.54, 1.807) is 0 Å². The Morgan fingerprint density at radius 3 is 2.71 bits per heavy atom. The van der Waals surface area contributed by atoms with Crippen molar-refractivity contribution in [3.8, 4) is 11.5 Å². The Hall–Kier alpha value is -2.68. The van der Waals surface area contributed by atoms with Crippen LogP contribution in [0.2, 0.25) is 0 Å². The minimum atomic E-state index is 0.823. The number of rotatable bonds is 2. The lowest BCUT2D eigenvalue weighted by atomic mass is 10.1. The summed E-state index contributed by atoms with van der Waals surface area (Å²) in [5.41, 5.74) is 5.23. The lowest BCUT2D eigenvalue weighted by Gasteiger charge is -1.99. The molecule has 0 bridgehead atoms. The molecule has 0 aliphatic rings. The van der Waals surface area contributed by atoms with Crippen LogP contribution in [-0.2, 0) is 6.42 Å². The molecule has 2 heterocycles. The molecule has 1 N–H and O–H groups in total. The van der Waals surface area contributed by atoms with E-state index in [2.05, 4.69) is 52.2 Å². The number of aromatic amines is 1. The maximum atomic E-state index is 4.69. The van der Waals surface area contributed by atoms with E-state index in [0.717, 1.165) is 39.9 Å². The van der Waals surface area contributed by atoms with Gasteiger partial charge in [0.2, 0.25) is 0 Å². The molecule has 2 aromatic carbocycles. The van der Waals surface area contributed by atoms with Crippen LogP contribution >= 0.6 is 0 Å². The van der Waals surface area contributed by atoms with Crippen LogP contribution < -0.4 is 0 Å². The van der Waals surface area contributed by atoms with Gasteiger partial charge in [-0.2, -0.15) is 0 Å². The van der Waals surface area contributed by atoms with Crippen LogP contribution in [0.4, 0.5) is 0 Å². The monoisotopic (exact) mass is 273 g/mol. The average Bonchev–Trinajstić information content (AvgIpc) is 2.97. The zero-order valence-corrected chi connectivity index (χ0v) is 11.8. The van der Waals surface area contributed by atoms with Crippen LogP contribution in [-0.4, -0.2) is 15.0 Å². The van der Waals surface area contributed by atoms with E-state index in [-0.39, 0.29) is 0 Å². The molecule has 0 fully saturated rings. The van der Waals surface area contributed by atoms with Crippen LogP contribution in [0.3, 0.4) is 0 Å². The molecule has 4 aromatic rings. The first kappa shape index (κ1) is 12.1. The zero-order chi connectivity index (χ0) is 14.2. The number of imidazole rings is 1. The summed E-state index contributed by atoms with van der Waals surface area (Å²) in [6.07, 6.45) is 1.03. The number of pyridine rings is 1. The van der Waals surface area contributed by atoms with Gasteiger partial charge in [-0.3, -0.25) is 0 Å². The molecular weight excluding hydrogens is 258 g/mol. The number of nitrogens with zero attached hydrogens (tertiary/aromatic N) is 2. The molecule has 3 nitrogen and oxygen atoms in total. The highest BCUT2D eigenvalue weighted by molar-refractivity contribution is 5.83.